The number of hydrogen-bond acceptors (Lipinski definition) is 3. The van der Waals surface area contributed by atoms with Crippen LogP contribution in [0.25, 0.3) is 0 Å². The largest absolute Gasteiger partial charge is 0.483 e. The summed E-state index contributed by atoms with van der Waals surface area (Å²) in [6.45, 7) is 5.64. The van der Waals surface area contributed by atoms with E-state index in [1.807, 2.05) is 62.4 Å². The van der Waals surface area contributed by atoms with Crippen molar-refractivity contribution >= 4 is 5.91 Å². The Morgan fingerprint density at radius 2 is 1.87 bits per heavy atom. The molecule has 0 saturated carbocycles. The lowest BCUT2D eigenvalue weighted by molar-refractivity contribution is -0.124. The number of aryl methyl sites for hydroxylation is 2. The van der Waals surface area contributed by atoms with Crippen LogP contribution in [0.1, 0.15) is 23.6 Å². The molecular weight excluding hydrogens is 290 g/mol. The molecule has 0 spiro atoms. The van der Waals surface area contributed by atoms with E-state index in [2.05, 4.69) is 5.32 Å². The van der Waals surface area contributed by atoms with Crippen LogP contribution in [0.2, 0.25) is 0 Å². The Bertz CT molecular complexity index is 666. The molecule has 23 heavy (non-hydrogen) atoms. The molecule has 0 saturated heterocycles. The SMILES string of the molecule is Cc1ccc(C)c(OCC(=O)NCC(C)(O)c2ccccc2)c1. The van der Waals surface area contributed by atoms with Crippen molar-refractivity contribution in [1.29, 1.82) is 0 Å². The summed E-state index contributed by atoms with van der Waals surface area (Å²) < 4.78 is 5.56. The van der Waals surface area contributed by atoms with E-state index < -0.39 is 5.60 Å². The Morgan fingerprint density at radius 1 is 1.17 bits per heavy atom. The molecule has 1 amide bonds. The third kappa shape index (κ3) is 4.83. The molecule has 1 unspecified atom stereocenters. The number of rotatable bonds is 6. The molecule has 2 aromatic carbocycles. The molecule has 2 rings (SSSR count). The molecular formula is C19H23NO3. The number of amides is 1. The second kappa shape index (κ2) is 7.29. The summed E-state index contributed by atoms with van der Waals surface area (Å²) in [4.78, 5) is 11.9. The second-order valence-corrected chi connectivity index (χ2v) is 5.97. The third-order valence-corrected chi connectivity index (χ3v) is 3.73. The first-order valence-electron chi connectivity index (χ1n) is 7.63. The molecule has 2 N–H and O–H groups in total. The molecule has 0 bridgehead atoms. The predicted molar refractivity (Wildman–Crippen MR) is 90.4 cm³/mol. The van der Waals surface area contributed by atoms with Gasteiger partial charge in [0.15, 0.2) is 6.61 Å². The molecule has 4 heteroatoms. The normalized spacial score (nSPS) is 13.2. The summed E-state index contributed by atoms with van der Waals surface area (Å²) in [6, 6.07) is 15.1. The summed E-state index contributed by atoms with van der Waals surface area (Å²) >= 11 is 0. The van der Waals surface area contributed by atoms with Crippen LogP contribution in [0.15, 0.2) is 48.5 Å². The highest BCUT2D eigenvalue weighted by Crippen LogP contribution is 2.20. The molecule has 0 fully saturated rings. The minimum Gasteiger partial charge on any atom is -0.483 e. The first-order valence-corrected chi connectivity index (χ1v) is 7.63. The van der Waals surface area contributed by atoms with Crippen LogP contribution in [-0.4, -0.2) is 24.2 Å². The van der Waals surface area contributed by atoms with Gasteiger partial charge in [-0.2, -0.15) is 0 Å². The number of carbonyl (C=O) groups is 1. The smallest absolute Gasteiger partial charge is 0.258 e. The summed E-state index contributed by atoms with van der Waals surface area (Å²) in [5, 5.41) is 13.2. The van der Waals surface area contributed by atoms with Crippen LogP contribution in [0, 0.1) is 13.8 Å². The Labute approximate surface area is 137 Å². The highest BCUT2D eigenvalue weighted by atomic mass is 16.5. The number of carbonyl (C=O) groups excluding carboxylic acids is 1. The van der Waals surface area contributed by atoms with Crippen molar-refractivity contribution in [3.05, 3.63) is 65.2 Å². The first kappa shape index (κ1) is 17.0. The number of ether oxygens (including phenoxy) is 1. The van der Waals surface area contributed by atoms with Gasteiger partial charge in [0.2, 0.25) is 0 Å². The van der Waals surface area contributed by atoms with Gasteiger partial charge in [0, 0.05) is 0 Å². The van der Waals surface area contributed by atoms with Gasteiger partial charge in [0.1, 0.15) is 11.4 Å². The highest BCUT2D eigenvalue weighted by molar-refractivity contribution is 5.77. The molecule has 0 aliphatic heterocycles. The monoisotopic (exact) mass is 313 g/mol. The lowest BCUT2D eigenvalue weighted by Crippen LogP contribution is -2.40. The van der Waals surface area contributed by atoms with Gasteiger partial charge in [-0.25, -0.2) is 0 Å². The average Bonchev–Trinajstić information content (AvgIpc) is 2.54. The summed E-state index contributed by atoms with van der Waals surface area (Å²) in [5.41, 5.74) is 1.71. The van der Waals surface area contributed by atoms with E-state index in [0.29, 0.717) is 5.75 Å². The molecule has 0 heterocycles. The van der Waals surface area contributed by atoms with Crippen LogP contribution < -0.4 is 10.1 Å². The van der Waals surface area contributed by atoms with Crippen LogP contribution in [-0.2, 0) is 10.4 Å². The Kier molecular flexibility index (Phi) is 5.40. The van der Waals surface area contributed by atoms with Crippen LogP contribution in [0.5, 0.6) is 5.75 Å². The summed E-state index contributed by atoms with van der Waals surface area (Å²) in [5.74, 6) is 0.442. The van der Waals surface area contributed by atoms with Crippen LogP contribution >= 0.6 is 0 Å². The molecule has 0 radical (unpaired) electrons. The minimum atomic E-state index is -1.11. The van der Waals surface area contributed by atoms with Crippen molar-refractivity contribution in [3.8, 4) is 5.75 Å². The Morgan fingerprint density at radius 3 is 2.57 bits per heavy atom. The van der Waals surface area contributed by atoms with Gasteiger partial charge >= 0.3 is 0 Å². The fourth-order valence-electron chi connectivity index (χ4n) is 2.23. The van der Waals surface area contributed by atoms with Gasteiger partial charge in [-0.15, -0.1) is 0 Å². The molecule has 0 aliphatic carbocycles. The van der Waals surface area contributed by atoms with Crippen molar-refractivity contribution in [2.45, 2.75) is 26.4 Å². The van der Waals surface area contributed by atoms with Crippen molar-refractivity contribution in [1.82, 2.24) is 5.32 Å². The number of nitrogens with one attached hydrogen (secondary N) is 1. The number of hydrogen-bond donors (Lipinski definition) is 2. The average molecular weight is 313 g/mol. The summed E-state index contributed by atoms with van der Waals surface area (Å²) in [6.07, 6.45) is 0. The van der Waals surface area contributed by atoms with Gasteiger partial charge in [-0.1, -0.05) is 42.5 Å². The maximum atomic E-state index is 11.9. The zero-order valence-electron chi connectivity index (χ0n) is 13.8. The molecule has 2 aromatic rings. The topological polar surface area (TPSA) is 58.6 Å². The van der Waals surface area contributed by atoms with E-state index in [1.165, 1.54) is 0 Å². The van der Waals surface area contributed by atoms with Gasteiger partial charge in [-0.05, 0) is 43.5 Å². The van der Waals surface area contributed by atoms with Gasteiger partial charge in [0.05, 0.1) is 6.54 Å². The lowest BCUT2D eigenvalue weighted by atomic mass is 9.96. The third-order valence-electron chi connectivity index (χ3n) is 3.73. The maximum absolute atomic E-state index is 11.9. The van der Waals surface area contributed by atoms with E-state index in [4.69, 9.17) is 4.74 Å². The maximum Gasteiger partial charge on any atom is 0.258 e. The van der Waals surface area contributed by atoms with Crippen molar-refractivity contribution in [2.75, 3.05) is 13.2 Å². The first-order chi connectivity index (χ1) is 10.9. The quantitative estimate of drug-likeness (QED) is 0.862. The molecule has 122 valence electrons. The lowest BCUT2D eigenvalue weighted by Gasteiger charge is -2.24. The fraction of sp³-hybridized carbons (Fsp3) is 0.316. The second-order valence-electron chi connectivity index (χ2n) is 5.97. The number of aliphatic hydroxyl groups is 1. The Balaban J connectivity index is 1.87. The van der Waals surface area contributed by atoms with E-state index >= 15 is 0 Å². The van der Waals surface area contributed by atoms with Gasteiger partial charge in [-0.3, -0.25) is 4.79 Å². The van der Waals surface area contributed by atoms with E-state index in [0.717, 1.165) is 16.7 Å². The molecule has 0 aromatic heterocycles. The predicted octanol–water partition coefficient (Wildman–Crippen LogP) is 2.71. The minimum absolute atomic E-state index is 0.0742. The van der Waals surface area contributed by atoms with Crippen molar-refractivity contribution in [2.24, 2.45) is 0 Å². The standard InChI is InChI=1S/C19H23NO3/c1-14-9-10-15(2)17(11-14)23-12-18(21)20-13-19(3,22)16-7-5-4-6-8-16/h4-11,22H,12-13H2,1-3H3,(H,20,21). The fourth-order valence-corrected chi connectivity index (χ4v) is 2.23. The number of benzene rings is 2. The van der Waals surface area contributed by atoms with Crippen molar-refractivity contribution < 1.29 is 14.6 Å². The molecule has 1 atom stereocenters. The summed E-state index contributed by atoms with van der Waals surface area (Å²) in [7, 11) is 0. The van der Waals surface area contributed by atoms with Crippen LogP contribution in [0.4, 0.5) is 0 Å². The zero-order valence-corrected chi connectivity index (χ0v) is 13.8. The Hall–Kier alpha value is -2.33. The van der Waals surface area contributed by atoms with E-state index in [1.54, 1.807) is 6.92 Å². The van der Waals surface area contributed by atoms with Crippen molar-refractivity contribution in [3.63, 3.8) is 0 Å². The molecule has 0 aliphatic rings. The zero-order chi connectivity index (χ0) is 16.9. The van der Waals surface area contributed by atoms with E-state index in [9.17, 15) is 9.90 Å². The molecule has 4 nitrogen and oxygen atoms in total. The van der Waals surface area contributed by atoms with Gasteiger partial charge in [0.25, 0.3) is 5.91 Å². The van der Waals surface area contributed by atoms with Gasteiger partial charge < -0.3 is 15.2 Å². The highest BCUT2D eigenvalue weighted by Gasteiger charge is 2.23. The van der Waals surface area contributed by atoms with E-state index in [-0.39, 0.29) is 19.1 Å². The van der Waals surface area contributed by atoms with Crippen LogP contribution in [0.3, 0.4) is 0 Å².